The number of hydrogen-bond donors (Lipinski definition) is 0. The molecule has 0 N–H and O–H groups in total. The number of fused-ring (bicyclic) bond motifs is 3. The number of hydrogen-bond acceptors (Lipinski definition) is 0. The Bertz CT molecular complexity index is 2450. The van der Waals surface area contributed by atoms with Gasteiger partial charge in [0.25, 0.3) is 0 Å². The molecule has 0 spiro atoms. The van der Waals surface area contributed by atoms with Crippen molar-refractivity contribution in [3.05, 3.63) is 197 Å². The molecule has 0 heterocycles. The van der Waals surface area contributed by atoms with Crippen LogP contribution in [-0.4, -0.2) is 3.21 Å². The summed E-state index contributed by atoms with van der Waals surface area (Å²) in [7, 11) is 0. The molecule has 0 bridgehead atoms. The summed E-state index contributed by atoms with van der Waals surface area (Å²) < 4.78 is 1.60. The Morgan fingerprint density at radius 2 is 0.887 bits per heavy atom. The molecule has 62 heavy (non-hydrogen) atoms. The second kappa shape index (κ2) is 19.4. The molecule has 0 saturated heterocycles. The predicted octanol–water partition coefficient (Wildman–Crippen LogP) is 16.7. The summed E-state index contributed by atoms with van der Waals surface area (Å²) in [5.41, 5.74) is 14.0. The molecule has 7 aromatic rings. The molecule has 8 rings (SSSR count). The molecule has 0 aliphatic heterocycles. The van der Waals surface area contributed by atoms with Gasteiger partial charge in [-0.05, 0) is 66.2 Å². The van der Waals surface area contributed by atoms with Crippen LogP contribution >= 0.6 is 0 Å². The normalized spacial score (nSPS) is 12.9. The van der Waals surface area contributed by atoms with E-state index in [9.17, 15) is 0 Å². The Morgan fingerprint density at radius 1 is 0.500 bits per heavy atom. The van der Waals surface area contributed by atoms with Crippen LogP contribution in [0.3, 0.4) is 0 Å². The Kier molecular flexibility index (Phi) is 14.7. The van der Waals surface area contributed by atoms with E-state index in [0.717, 1.165) is 19.3 Å². The van der Waals surface area contributed by atoms with Crippen LogP contribution in [0.25, 0.3) is 43.8 Å². The molecular weight excluding hydrogens is 824 g/mol. The minimum atomic E-state index is 0.0252. The van der Waals surface area contributed by atoms with Gasteiger partial charge in [0.05, 0.1) is 0 Å². The van der Waals surface area contributed by atoms with Gasteiger partial charge >= 0.3 is 112 Å². The SMILES string of the molecule is CC(C)(C)c1ccc(-c2cc3[cH-]c4cc(-c5ccc(C(C)(C)C)cc5)c(C(C)(C)C)cc4c3cc2C(C)(C)C)cc1.[C-]1=CC=CC1.[Zr+2]=[C](Cc1ccccc1)Cc1ccccc1. The third-order valence-corrected chi connectivity index (χ3v) is 12.7. The Balaban J connectivity index is 0.000000249. The van der Waals surface area contributed by atoms with E-state index in [4.69, 9.17) is 0 Å². The van der Waals surface area contributed by atoms with Crippen molar-refractivity contribution in [2.45, 2.75) is 124 Å². The molecule has 1 aliphatic rings. The van der Waals surface area contributed by atoms with E-state index >= 15 is 0 Å². The van der Waals surface area contributed by atoms with E-state index in [1.54, 1.807) is 27.4 Å². The van der Waals surface area contributed by atoms with Crippen LogP contribution in [0.15, 0.2) is 158 Å². The summed E-state index contributed by atoms with van der Waals surface area (Å²) in [5.74, 6) is 0. The fourth-order valence-electron chi connectivity index (χ4n) is 8.21. The monoisotopic (exact) mass is 890 g/mol. The van der Waals surface area contributed by atoms with Crippen molar-refractivity contribution in [1.29, 1.82) is 0 Å². The van der Waals surface area contributed by atoms with Gasteiger partial charge in [-0.1, -0.05) is 144 Å². The molecular formula is C61H68Zr. The van der Waals surface area contributed by atoms with E-state index in [1.807, 2.05) is 12.2 Å². The third-order valence-electron chi connectivity index (χ3n) is 11.8. The van der Waals surface area contributed by atoms with Crippen LogP contribution < -0.4 is 0 Å². The number of allylic oxidation sites excluding steroid dienone is 4. The first-order chi connectivity index (χ1) is 29.2. The van der Waals surface area contributed by atoms with Crippen LogP contribution in [0.5, 0.6) is 0 Å². The maximum absolute atomic E-state index is 2.99. The van der Waals surface area contributed by atoms with E-state index in [1.165, 1.54) is 77.2 Å². The van der Waals surface area contributed by atoms with Crippen LogP contribution in [0, 0.1) is 6.08 Å². The first kappa shape index (κ1) is 46.9. The number of benzene rings is 6. The first-order valence-corrected chi connectivity index (χ1v) is 23.7. The maximum atomic E-state index is 2.99. The second-order valence-electron chi connectivity index (χ2n) is 21.2. The van der Waals surface area contributed by atoms with Crippen molar-refractivity contribution in [1.82, 2.24) is 0 Å². The molecule has 0 atom stereocenters. The molecule has 0 amide bonds. The molecule has 0 fully saturated rings. The van der Waals surface area contributed by atoms with Crippen molar-refractivity contribution in [2.24, 2.45) is 0 Å². The topological polar surface area (TPSA) is 0 Å². The molecule has 0 aromatic heterocycles. The molecule has 0 radical (unpaired) electrons. The quantitative estimate of drug-likeness (QED) is 0.146. The Hall–Kier alpha value is -4.58. The zero-order valence-corrected chi connectivity index (χ0v) is 42.1. The van der Waals surface area contributed by atoms with Gasteiger partial charge in [-0.15, -0.1) is 46.2 Å². The molecule has 1 aliphatic carbocycles. The molecule has 7 aromatic carbocycles. The first-order valence-electron chi connectivity index (χ1n) is 22.5. The van der Waals surface area contributed by atoms with Crippen molar-refractivity contribution in [3.8, 4) is 22.3 Å². The van der Waals surface area contributed by atoms with Crippen LogP contribution in [0.2, 0.25) is 0 Å². The summed E-state index contributed by atoms with van der Waals surface area (Å²) >= 11 is 1.55. The van der Waals surface area contributed by atoms with E-state index < -0.39 is 0 Å². The Morgan fingerprint density at radius 3 is 1.18 bits per heavy atom. The van der Waals surface area contributed by atoms with Crippen LogP contribution in [-0.2, 0) is 58.7 Å². The molecule has 316 valence electrons. The summed E-state index contributed by atoms with van der Waals surface area (Å²) in [4.78, 5) is 0. The van der Waals surface area contributed by atoms with Gasteiger partial charge in [-0.3, -0.25) is 6.08 Å². The molecule has 0 unspecified atom stereocenters. The summed E-state index contributed by atoms with van der Waals surface area (Å²) in [6.07, 6.45) is 12.2. The van der Waals surface area contributed by atoms with E-state index in [2.05, 4.69) is 235 Å². The molecule has 0 saturated carbocycles. The summed E-state index contributed by atoms with van der Waals surface area (Å²) in [6.45, 7) is 27.7. The van der Waals surface area contributed by atoms with Gasteiger partial charge < -0.3 is 0 Å². The van der Waals surface area contributed by atoms with Crippen molar-refractivity contribution < 1.29 is 24.2 Å². The fraction of sp³-hybridized carbons (Fsp3) is 0.311. The average Bonchev–Trinajstić information content (AvgIpc) is 3.92. The second-order valence-corrected chi connectivity index (χ2v) is 22.9. The zero-order chi connectivity index (χ0) is 44.9. The fourth-order valence-corrected chi connectivity index (χ4v) is 9.21. The standard InChI is InChI=1S/C41H49.C15H14.C5H5.Zr/c1-38(2,3)30-17-13-26(14-18-30)34-22-28-21-29-23-35(27-15-19-31(20-16-27)39(4,5)6)37(41(10,11)12)25-33(29)32(28)24-36(34)40(7,8)9;1-3-8-14(9-4-1)12-7-13-15-10-5-2-6-11-15;1-2-4-5-3-1;/h13-25H,1-12H3;1-6,8-11H,12-13H2;1-3H,4H2;/q-1;;-1;+2. The van der Waals surface area contributed by atoms with Gasteiger partial charge in [0.1, 0.15) is 0 Å². The van der Waals surface area contributed by atoms with Gasteiger partial charge in [0.15, 0.2) is 0 Å². The van der Waals surface area contributed by atoms with Crippen LogP contribution in [0.1, 0.15) is 123 Å². The summed E-state index contributed by atoms with van der Waals surface area (Å²) in [5, 5.41) is 5.37. The van der Waals surface area contributed by atoms with Crippen molar-refractivity contribution in [2.75, 3.05) is 0 Å². The minimum absolute atomic E-state index is 0.0252. The van der Waals surface area contributed by atoms with E-state index in [0.29, 0.717) is 0 Å². The van der Waals surface area contributed by atoms with Gasteiger partial charge in [0.2, 0.25) is 0 Å². The molecule has 0 nitrogen and oxygen atoms in total. The van der Waals surface area contributed by atoms with Gasteiger partial charge in [-0.25, -0.2) is 12.2 Å². The number of rotatable bonds is 6. The van der Waals surface area contributed by atoms with Crippen LogP contribution in [0.4, 0.5) is 0 Å². The average molecular weight is 892 g/mol. The Labute approximate surface area is 389 Å². The van der Waals surface area contributed by atoms with Crippen molar-refractivity contribution >= 4 is 24.8 Å². The van der Waals surface area contributed by atoms with Gasteiger partial charge in [0, 0.05) is 0 Å². The molecule has 1 heteroatoms. The summed E-state index contributed by atoms with van der Waals surface area (Å²) in [6, 6.07) is 52.1. The van der Waals surface area contributed by atoms with Crippen molar-refractivity contribution in [3.63, 3.8) is 0 Å². The predicted molar refractivity (Wildman–Crippen MR) is 270 cm³/mol. The zero-order valence-electron chi connectivity index (χ0n) is 39.6. The third kappa shape index (κ3) is 12.1. The van der Waals surface area contributed by atoms with Gasteiger partial charge in [-0.2, -0.15) is 6.08 Å². The van der Waals surface area contributed by atoms with E-state index in [-0.39, 0.29) is 21.7 Å².